The van der Waals surface area contributed by atoms with Gasteiger partial charge < -0.3 is 14.8 Å². The number of fused-ring (bicyclic) bond motifs is 1. The van der Waals surface area contributed by atoms with Crippen LogP contribution < -0.4 is 15.4 Å². The lowest BCUT2D eigenvalue weighted by Gasteiger charge is -2.27. The van der Waals surface area contributed by atoms with E-state index < -0.39 is 10.0 Å². The fourth-order valence-corrected chi connectivity index (χ4v) is 3.59. The molecule has 0 saturated heterocycles. The van der Waals surface area contributed by atoms with Gasteiger partial charge in [-0.1, -0.05) is 12.1 Å². The zero-order valence-electron chi connectivity index (χ0n) is 14.4. The number of nitrogens with two attached hydrogens (primary N) is 1. The summed E-state index contributed by atoms with van der Waals surface area (Å²) in [6.07, 6.45) is 5.19. The van der Waals surface area contributed by atoms with E-state index in [0.29, 0.717) is 29.7 Å². The molecule has 0 unspecified atom stereocenters. The van der Waals surface area contributed by atoms with Gasteiger partial charge >= 0.3 is 0 Å². The summed E-state index contributed by atoms with van der Waals surface area (Å²) in [7, 11) is -3.59. The van der Waals surface area contributed by atoms with Gasteiger partial charge in [-0.3, -0.25) is 0 Å². The molecule has 1 aliphatic rings. The monoisotopic (exact) mass is 386 g/mol. The summed E-state index contributed by atoms with van der Waals surface area (Å²) in [5.74, 6) is 1.67. The van der Waals surface area contributed by atoms with Crippen molar-refractivity contribution in [2.45, 2.75) is 18.8 Å². The molecule has 10 nitrogen and oxygen atoms in total. The molecule has 0 bridgehead atoms. The molecule has 3 heterocycles. The third kappa shape index (κ3) is 4.20. The van der Waals surface area contributed by atoms with Crippen molar-refractivity contribution in [3.05, 3.63) is 54.4 Å². The van der Waals surface area contributed by atoms with Crippen molar-refractivity contribution in [3.63, 3.8) is 0 Å². The number of hydrogen-bond donors (Lipinski definition) is 2. The summed E-state index contributed by atoms with van der Waals surface area (Å²) in [5, 5.41) is 8.18. The molecule has 27 heavy (non-hydrogen) atoms. The molecule has 1 aromatic carbocycles. The van der Waals surface area contributed by atoms with Crippen molar-refractivity contribution in [1.29, 1.82) is 0 Å². The highest BCUT2D eigenvalue weighted by Crippen LogP contribution is 2.19. The van der Waals surface area contributed by atoms with Crippen LogP contribution in [-0.2, 0) is 28.9 Å². The SMILES string of the molecule is NS(=O)(=O)Cc1cccc(Nc2ncnc(N3CCn4ccnc4C3)n2)c1. The molecule has 0 spiro atoms. The second-order valence-corrected chi connectivity index (χ2v) is 7.81. The summed E-state index contributed by atoms with van der Waals surface area (Å²) in [5.41, 5.74) is 1.25. The average molecular weight is 386 g/mol. The lowest BCUT2D eigenvalue weighted by Crippen LogP contribution is -2.34. The highest BCUT2D eigenvalue weighted by molar-refractivity contribution is 7.88. The molecular weight excluding hydrogens is 368 g/mol. The fraction of sp³-hybridized carbons (Fsp3) is 0.250. The minimum Gasteiger partial charge on any atom is -0.332 e. The van der Waals surface area contributed by atoms with Gasteiger partial charge in [0.1, 0.15) is 12.2 Å². The Balaban J connectivity index is 1.51. The fourth-order valence-electron chi connectivity index (χ4n) is 2.94. The van der Waals surface area contributed by atoms with E-state index in [2.05, 4.69) is 29.8 Å². The zero-order chi connectivity index (χ0) is 18.9. The van der Waals surface area contributed by atoms with Gasteiger partial charge in [-0.15, -0.1) is 0 Å². The first-order valence-corrected chi connectivity index (χ1v) is 9.98. The lowest BCUT2D eigenvalue weighted by molar-refractivity contribution is 0.551. The van der Waals surface area contributed by atoms with Gasteiger partial charge in [0.05, 0.1) is 12.3 Å². The number of nitrogens with zero attached hydrogens (tertiary/aromatic N) is 6. The maximum absolute atomic E-state index is 11.3. The number of aromatic nitrogens is 5. The highest BCUT2D eigenvalue weighted by Gasteiger charge is 2.19. The molecule has 140 valence electrons. The van der Waals surface area contributed by atoms with Crippen LogP contribution in [0.5, 0.6) is 0 Å². The minimum atomic E-state index is -3.59. The number of primary sulfonamides is 1. The third-order valence-corrected chi connectivity index (χ3v) is 4.87. The van der Waals surface area contributed by atoms with Gasteiger partial charge in [-0.05, 0) is 17.7 Å². The van der Waals surface area contributed by atoms with Crippen LogP contribution in [0.15, 0.2) is 43.0 Å². The van der Waals surface area contributed by atoms with Gasteiger partial charge in [0, 0.05) is 31.2 Å². The summed E-state index contributed by atoms with van der Waals surface area (Å²) < 4.78 is 24.6. The van der Waals surface area contributed by atoms with Gasteiger partial charge in [-0.25, -0.2) is 28.5 Å². The molecule has 0 amide bonds. The predicted octanol–water partition coefficient (Wildman–Crippen LogP) is 0.620. The molecule has 0 fully saturated rings. The zero-order valence-corrected chi connectivity index (χ0v) is 15.2. The summed E-state index contributed by atoms with van der Waals surface area (Å²) in [6, 6.07) is 6.94. The van der Waals surface area contributed by atoms with E-state index in [9.17, 15) is 8.42 Å². The minimum absolute atomic E-state index is 0.231. The van der Waals surface area contributed by atoms with E-state index in [1.54, 1.807) is 30.5 Å². The highest BCUT2D eigenvalue weighted by atomic mass is 32.2. The summed E-state index contributed by atoms with van der Waals surface area (Å²) in [4.78, 5) is 19.2. The Bertz CT molecular complexity index is 1070. The number of imidazole rings is 1. The van der Waals surface area contributed by atoms with Crippen LogP contribution in [-0.4, -0.2) is 39.5 Å². The maximum atomic E-state index is 11.3. The van der Waals surface area contributed by atoms with Crippen molar-refractivity contribution in [2.75, 3.05) is 16.8 Å². The predicted molar refractivity (Wildman–Crippen MR) is 99.6 cm³/mol. The number of nitrogens with one attached hydrogen (secondary N) is 1. The largest absolute Gasteiger partial charge is 0.332 e. The molecule has 3 N–H and O–H groups in total. The van der Waals surface area contributed by atoms with Gasteiger partial charge in [0.15, 0.2) is 0 Å². The molecule has 0 aliphatic carbocycles. The van der Waals surface area contributed by atoms with Crippen molar-refractivity contribution in [1.82, 2.24) is 24.5 Å². The Kier molecular flexibility index (Phi) is 4.46. The number of rotatable bonds is 5. The second-order valence-electron chi connectivity index (χ2n) is 6.20. The van der Waals surface area contributed by atoms with Gasteiger partial charge in [0.25, 0.3) is 0 Å². The molecular formula is C16H18N8O2S. The normalized spacial score (nSPS) is 14.0. The van der Waals surface area contributed by atoms with Crippen LogP contribution in [0.2, 0.25) is 0 Å². The molecule has 11 heteroatoms. The van der Waals surface area contributed by atoms with Crippen LogP contribution in [0.3, 0.4) is 0 Å². The standard InChI is InChI=1S/C16H18N8O2S/c17-27(25,26)10-12-2-1-3-13(8-12)21-15-19-11-20-16(22-15)24-7-6-23-5-4-18-14(23)9-24/h1-5,8,11H,6-7,9-10H2,(H2,17,25,26)(H,19,20,21,22). The first kappa shape index (κ1) is 17.4. The molecule has 1 aliphatic heterocycles. The van der Waals surface area contributed by atoms with E-state index in [1.165, 1.54) is 6.33 Å². The van der Waals surface area contributed by atoms with E-state index in [-0.39, 0.29) is 5.75 Å². The first-order chi connectivity index (χ1) is 13.0. The van der Waals surface area contributed by atoms with Crippen LogP contribution in [0.4, 0.5) is 17.6 Å². The van der Waals surface area contributed by atoms with Crippen molar-refractivity contribution >= 4 is 27.6 Å². The molecule has 0 saturated carbocycles. The van der Waals surface area contributed by atoms with Crippen LogP contribution in [0.1, 0.15) is 11.4 Å². The van der Waals surface area contributed by atoms with E-state index in [0.717, 1.165) is 18.9 Å². The van der Waals surface area contributed by atoms with Gasteiger partial charge in [0.2, 0.25) is 21.9 Å². The van der Waals surface area contributed by atoms with Crippen molar-refractivity contribution in [2.24, 2.45) is 5.14 Å². The number of anilines is 3. The molecule has 2 aromatic heterocycles. The summed E-state index contributed by atoms with van der Waals surface area (Å²) >= 11 is 0. The van der Waals surface area contributed by atoms with Crippen LogP contribution >= 0.6 is 0 Å². The summed E-state index contributed by atoms with van der Waals surface area (Å²) in [6.45, 7) is 2.22. The average Bonchev–Trinajstić information content (AvgIpc) is 3.08. The smallest absolute Gasteiger partial charge is 0.231 e. The second kappa shape index (κ2) is 6.93. The first-order valence-electron chi connectivity index (χ1n) is 8.27. The van der Waals surface area contributed by atoms with Crippen LogP contribution in [0, 0.1) is 0 Å². The third-order valence-electron chi connectivity index (χ3n) is 4.14. The number of hydrogen-bond acceptors (Lipinski definition) is 8. The Morgan fingerprint density at radius 1 is 1.19 bits per heavy atom. The van der Waals surface area contributed by atoms with Crippen molar-refractivity contribution < 1.29 is 8.42 Å². The van der Waals surface area contributed by atoms with E-state index in [1.807, 2.05) is 11.1 Å². The quantitative estimate of drug-likeness (QED) is 0.652. The van der Waals surface area contributed by atoms with Crippen LogP contribution in [0.25, 0.3) is 0 Å². The Morgan fingerprint density at radius 3 is 2.93 bits per heavy atom. The molecule has 4 rings (SSSR count). The molecule has 0 atom stereocenters. The topological polar surface area (TPSA) is 132 Å². The number of benzene rings is 1. The van der Waals surface area contributed by atoms with E-state index in [4.69, 9.17) is 5.14 Å². The Morgan fingerprint density at radius 2 is 2.07 bits per heavy atom. The van der Waals surface area contributed by atoms with Gasteiger partial charge in [-0.2, -0.15) is 4.98 Å². The molecule has 3 aromatic rings. The maximum Gasteiger partial charge on any atom is 0.231 e. The Labute approximate surface area is 156 Å². The number of sulfonamides is 1. The van der Waals surface area contributed by atoms with Crippen molar-refractivity contribution in [3.8, 4) is 0 Å². The lowest BCUT2D eigenvalue weighted by atomic mass is 10.2. The Hall–Kier alpha value is -3.05. The van der Waals surface area contributed by atoms with E-state index >= 15 is 0 Å². The molecule has 0 radical (unpaired) electrons.